The molecule has 0 radical (unpaired) electrons. The first kappa shape index (κ1) is 20.5. The SMILES string of the molecule is C[C@@H]1CCC[C@H](C)N1C(=O)c1nn2c(c1Cl)N[C@@H](c1cccs1)C[C@@H]2C(F)(F)F. The van der Waals surface area contributed by atoms with Gasteiger partial charge in [0.15, 0.2) is 11.7 Å². The van der Waals surface area contributed by atoms with E-state index in [9.17, 15) is 18.0 Å². The van der Waals surface area contributed by atoms with Crippen molar-refractivity contribution in [3.63, 3.8) is 0 Å². The number of amides is 1. The van der Waals surface area contributed by atoms with Crippen LogP contribution in [0.3, 0.4) is 0 Å². The van der Waals surface area contributed by atoms with Gasteiger partial charge in [-0.15, -0.1) is 11.3 Å². The van der Waals surface area contributed by atoms with Gasteiger partial charge in [0, 0.05) is 23.4 Å². The first-order valence-electron chi connectivity index (χ1n) is 9.65. The van der Waals surface area contributed by atoms with Crippen molar-refractivity contribution in [2.24, 2.45) is 0 Å². The number of hydrogen-bond acceptors (Lipinski definition) is 4. The van der Waals surface area contributed by atoms with Crippen LogP contribution in [0.4, 0.5) is 19.0 Å². The number of halogens is 4. The highest BCUT2D eigenvalue weighted by Gasteiger charge is 2.48. The summed E-state index contributed by atoms with van der Waals surface area (Å²) in [6.45, 7) is 3.89. The number of alkyl halides is 3. The zero-order valence-electron chi connectivity index (χ0n) is 16.0. The van der Waals surface area contributed by atoms with Gasteiger partial charge in [0.2, 0.25) is 0 Å². The highest BCUT2D eigenvalue weighted by Crippen LogP contribution is 2.47. The number of anilines is 1. The Balaban J connectivity index is 1.74. The van der Waals surface area contributed by atoms with Crippen LogP contribution >= 0.6 is 22.9 Å². The van der Waals surface area contributed by atoms with Crippen molar-refractivity contribution in [3.8, 4) is 0 Å². The molecule has 0 aromatic carbocycles. The Labute approximate surface area is 175 Å². The van der Waals surface area contributed by atoms with E-state index in [1.807, 2.05) is 19.2 Å². The maximum Gasteiger partial charge on any atom is 0.410 e. The van der Waals surface area contributed by atoms with E-state index in [2.05, 4.69) is 10.4 Å². The topological polar surface area (TPSA) is 50.2 Å². The minimum Gasteiger partial charge on any atom is -0.361 e. The first-order chi connectivity index (χ1) is 13.7. The number of hydrogen-bond donors (Lipinski definition) is 1. The van der Waals surface area contributed by atoms with Gasteiger partial charge in [-0.2, -0.15) is 18.3 Å². The van der Waals surface area contributed by atoms with Crippen molar-refractivity contribution in [1.82, 2.24) is 14.7 Å². The average Bonchev–Trinajstić information content (AvgIpc) is 3.28. The standard InChI is InChI=1S/C19H22ClF3N4OS/c1-10-5-3-6-11(2)26(10)18(28)16-15(20)17-24-12(13-7-4-8-29-13)9-14(19(21,22)23)27(17)25-16/h4,7-8,10-12,14,24H,3,5-6,9H2,1-2H3/t10-,11+,12-,14-/m1/s1. The molecule has 29 heavy (non-hydrogen) atoms. The van der Waals surface area contributed by atoms with Crippen LogP contribution in [0.1, 0.15) is 67.0 Å². The molecule has 2 aliphatic heterocycles. The molecular formula is C19H22ClF3N4OS. The highest BCUT2D eigenvalue weighted by molar-refractivity contribution is 7.10. The molecule has 1 fully saturated rings. The van der Waals surface area contributed by atoms with E-state index in [0.29, 0.717) is 0 Å². The molecule has 2 aromatic rings. The first-order valence-corrected chi connectivity index (χ1v) is 10.9. The van der Waals surface area contributed by atoms with Crippen molar-refractivity contribution in [1.29, 1.82) is 0 Å². The van der Waals surface area contributed by atoms with Gasteiger partial charge in [-0.1, -0.05) is 17.7 Å². The number of carbonyl (C=O) groups is 1. The number of thiophene rings is 1. The van der Waals surface area contributed by atoms with E-state index in [1.54, 1.807) is 17.0 Å². The van der Waals surface area contributed by atoms with Gasteiger partial charge in [-0.3, -0.25) is 4.79 Å². The van der Waals surface area contributed by atoms with Gasteiger partial charge in [-0.05, 0) is 44.6 Å². The van der Waals surface area contributed by atoms with Crippen LogP contribution in [0.25, 0.3) is 0 Å². The quantitative estimate of drug-likeness (QED) is 0.647. The molecule has 1 amide bonds. The Kier molecular flexibility index (Phi) is 5.31. The summed E-state index contributed by atoms with van der Waals surface area (Å²) < 4.78 is 42.3. The molecule has 5 nitrogen and oxygen atoms in total. The number of nitrogens with zero attached hydrogens (tertiary/aromatic N) is 3. The van der Waals surface area contributed by atoms with Gasteiger partial charge in [0.25, 0.3) is 5.91 Å². The molecule has 1 saturated heterocycles. The van der Waals surface area contributed by atoms with Crippen LogP contribution in [-0.4, -0.2) is 38.8 Å². The van der Waals surface area contributed by atoms with Crippen molar-refractivity contribution < 1.29 is 18.0 Å². The normalized spacial score (nSPS) is 27.4. The van der Waals surface area contributed by atoms with Gasteiger partial charge in [0.05, 0.1) is 6.04 Å². The van der Waals surface area contributed by atoms with E-state index < -0.39 is 24.2 Å². The number of aromatic nitrogens is 2. The molecule has 0 bridgehead atoms. The lowest BCUT2D eigenvalue weighted by molar-refractivity contribution is -0.173. The van der Waals surface area contributed by atoms with E-state index in [1.165, 1.54) is 11.3 Å². The van der Waals surface area contributed by atoms with Crippen molar-refractivity contribution in [2.75, 3.05) is 5.32 Å². The van der Waals surface area contributed by atoms with Crippen molar-refractivity contribution >= 4 is 34.7 Å². The smallest absolute Gasteiger partial charge is 0.361 e. The third-order valence-electron chi connectivity index (χ3n) is 5.81. The van der Waals surface area contributed by atoms with E-state index in [4.69, 9.17) is 11.6 Å². The Morgan fingerprint density at radius 1 is 1.31 bits per heavy atom. The largest absolute Gasteiger partial charge is 0.410 e. The fraction of sp³-hybridized carbons (Fsp3) is 0.579. The number of piperidine rings is 1. The van der Waals surface area contributed by atoms with E-state index >= 15 is 0 Å². The van der Waals surface area contributed by atoms with Crippen LogP contribution in [0, 0.1) is 0 Å². The fourth-order valence-electron chi connectivity index (χ4n) is 4.35. The number of fused-ring (bicyclic) bond motifs is 1. The summed E-state index contributed by atoms with van der Waals surface area (Å²) >= 11 is 7.82. The Hall–Kier alpha value is -1.74. The predicted molar refractivity (Wildman–Crippen MR) is 107 cm³/mol. The summed E-state index contributed by atoms with van der Waals surface area (Å²) in [5.74, 6) is -0.355. The number of nitrogens with one attached hydrogen (secondary N) is 1. The molecule has 0 spiro atoms. The summed E-state index contributed by atoms with van der Waals surface area (Å²) in [4.78, 5) is 15.7. The van der Waals surface area contributed by atoms with Crippen LogP contribution in [0.5, 0.6) is 0 Å². The molecule has 2 aromatic heterocycles. The Morgan fingerprint density at radius 3 is 2.59 bits per heavy atom. The second-order valence-corrected chi connectivity index (χ2v) is 9.16. The third kappa shape index (κ3) is 3.63. The zero-order chi connectivity index (χ0) is 20.9. The lowest BCUT2D eigenvalue weighted by atomic mass is 9.97. The van der Waals surface area contributed by atoms with Crippen LogP contribution in [0.15, 0.2) is 17.5 Å². The molecule has 4 rings (SSSR count). The monoisotopic (exact) mass is 446 g/mol. The second-order valence-electron chi connectivity index (χ2n) is 7.80. The highest BCUT2D eigenvalue weighted by atomic mass is 35.5. The minimum atomic E-state index is -4.51. The Bertz CT molecular complexity index is 888. The molecule has 0 aliphatic carbocycles. The van der Waals surface area contributed by atoms with Crippen molar-refractivity contribution in [3.05, 3.63) is 33.1 Å². The van der Waals surface area contributed by atoms with Gasteiger partial charge in [-0.25, -0.2) is 4.68 Å². The zero-order valence-corrected chi connectivity index (χ0v) is 17.6. The molecule has 0 saturated carbocycles. The summed E-state index contributed by atoms with van der Waals surface area (Å²) in [7, 11) is 0. The van der Waals surface area contributed by atoms with Gasteiger partial charge >= 0.3 is 6.18 Å². The van der Waals surface area contributed by atoms with Gasteiger partial charge < -0.3 is 10.2 Å². The number of carbonyl (C=O) groups excluding carboxylic acids is 1. The minimum absolute atomic E-state index is 0.00807. The molecule has 4 atom stereocenters. The van der Waals surface area contributed by atoms with Crippen LogP contribution < -0.4 is 5.32 Å². The lowest BCUT2D eigenvalue weighted by Crippen LogP contribution is -2.47. The number of likely N-dealkylation sites (tertiary alicyclic amines) is 1. The molecule has 4 heterocycles. The summed E-state index contributed by atoms with van der Waals surface area (Å²) in [5, 5.41) is 8.93. The van der Waals surface area contributed by atoms with Crippen LogP contribution in [0.2, 0.25) is 5.02 Å². The summed E-state index contributed by atoms with van der Waals surface area (Å²) in [6.07, 6.45) is -2.00. The summed E-state index contributed by atoms with van der Waals surface area (Å²) in [6, 6.07) is 1.18. The maximum atomic E-state index is 13.8. The van der Waals surface area contributed by atoms with Crippen molar-refractivity contribution in [2.45, 2.75) is 69.9 Å². The molecule has 1 N–H and O–H groups in total. The fourth-order valence-corrected chi connectivity index (χ4v) is 5.40. The number of rotatable bonds is 2. The average molecular weight is 447 g/mol. The van der Waals surface area contributed by atoms with E-state index in [-0.39, 0.29) is 35.0 Å². The summed E-state index contributed by atoms with van der Waals surface area (Å²) in [5.41, 5.74) is -0.115. The van der Waals surface area contributed by atoms with E-state index in [0.717, 1.165) is 28.8 Å². The maximum absolute atomic E-state index is 13.8. The second kappa shape index (κ2) is 7.50. The molecule has 10 heteroatoms. The van der Waals surface area contributed by atoms with Crippen LogP contribution in [-0.2, 0) is 0 Å². The molecule has 2 aliphatic rings. The molecular weight excluding hydrogens is 425 g/mol. The van der Waals surface area contributed by atoms with Gasteiger partial charge in [0.1, 0.15) is 10.8 Å². The predicted octanol–water partition coefficient (Wildman–Crippen LogP) is 5.66. The Morgan fingerprint density at radius 2 is 2.00 bits per heavy atom. The lowest BCUT2D eigenvalue weighted by Gasteiger charge is -2.38. The third-order valence-corrected chi connectivity index (χ3v) is 7.16. The molecule has 0 unspecified atom stereocenters. The molecule has 158 valence electrons.